The second-order valence-electron chi connectivity index (χ2n) is 8.40. The predicted octanol–water partition coefficient (Wildman–Crippen LogP) is 7.26. The van der Waals surface area contributed by atoms with Gasteiger partial charge in [0.25, 0.3) is 5.91 Å². The van der Waals surface area contributed by atoms with E-state index in [4.69, 9.17) is 9.84 Å². The lowest BCUT2D eigenvalue weighted by atomic mass is 9.99. The summed E-state index contributed by atoms with van der Waals surface area (Å²) >= 11 is 1.31. The fraction of sp³-hybridized carbons (Fsp3) is 0.333. The molecule has 0 saturated carbocycles. The smallest absolute Gasteiger partial charge is 0.416 e. The van der Waals surface area contributed by atoms with Crippen LogP contribution in [0.2, 0.25) is 0 Å². The van der Waals surface area contributed by atoms with Gasteiger partial charge in [0.1, 0.15) is 11.9 Å². The highest BCUT2D eigenvalue weighted by molar-refractivity contribution is 7.14. The van der Waals surface area contributed by atoms with Gasteiger partial charge in [-0.15, -0.1) is 11.3 Å². The van der Waals surface area contributed by atoms with E-state index in [2.05, 4.69) is 12.2 Å². The maximum absolute atomic E-state index is 12.9. The van der Waals surface area contributed by atoms with Gasteiger partial charge in [-0.1, -0.05) is 31.5 Å². The Morgan fingerprint density at radius 2 is 1.81 bits per heavy atom. The van der Waals surface area contributed by atoms with Crippen LogP contribution >= 0.6 is 11.3 Å². The number of alkyl halides is 3. The zero-order chi connectivity index (χ0) is 26.3. The quantitative estimate of drug-likeness (QED) is 0.280. The van der Waals surface area contributed by atoms with Crippen LogP contribution in [0.25, 0.3) is 11.1 Å². The van der Waals surface area contributed by atoms with Gasteiger partial charge < -0.3 is 15.2 Å². The monoisotopic (exact) mass is 519 g/mol. The molecule has 0 spiro atoms. The minimum atomic E-state index is -4.38. The summed E-state index contributed by atoms with van der Waals surface area (Å²) in [6.45, 7) is 4.02. The molecule has 0 fully saturated rings. The van der Waals surface area contributed by atoms with Gasteiger partial charge in [0.05, 0.1) is 16.9 Å². The van der Waals surface area contributed by atoms with Crippen LogP contribution in [-0.2, 0) is 11.0 Å². The highest BCUT2D eigenvalue weighted by Crippen LogP contribution is 2.35. The highest BCUT2D eigenvalue weighted by atomic mass is 32.1. The largest absolute Gasteiger partial charge is 0.485 e. The first-order valence-corrected chi connectivity index (χ1v) is 12.4. The fourth-order valence-electron chi connectivity index (χ4n) is 3.70. The van der Waals surface area contributed by atoms with Crippen molar-refractivity contribution in [1.29, 1.82) is 0 Å². The van der Waals surface area contributed by atoms with Crippen molar-refractivity contribution < 1.29 is 32.6 Å². The summed E-state index contributed by atoms with van der Waals surface area (Å²) in [4.78, 5) is 24.4. The van der Waals surface area contributed by atoms with Crippen molar-refractivity contribution in [3.8, 4) is 16.9 Å². The number of hydrogen-bond acceptors (Lipinski definition) is 4. The molecular weight excluding hydrogens is 491 g/mol. The summed E-state index contributed by atoms with van der Waals surface area (Å²) in [7, 11) is 0. The molecule has 5 nitrogen and oxygen atoms in total. The van der Waals surface area contributed by atoms with Gasteiger partial charge >= 0.3 is 12.1 Å². The number of carboxylic acids is 1. The Balaban J connectivity index is 1.75. The first-order valence-electron chi connectivity index (χ1n) is 11.6. The molecule has 3 aromatic rings. The van der Waals surface area contributed by atoms with Gasteiger partial charge in [0.15, 0.2) is 0 Å². The lowest BCUT2D eigenvalue weighted by Gasteiger charge is -2.19. The topological polar surface area (TPSA) is 75.6 Å². The number of carbonyl (C=O) groups is 2. The highest BCUT2D eigenvalue weighted by Gasteiger charge is 2.30. The molecule has 3 rings (SSSR count). The van der Waals surface area contributed by atoms with E-state index in [-0.39, 0.29) is 25.0 Å². The number of nitrogens with one attached hydrogen (secondary N) is 1. The minimum Gasteiger partial charge on any atom is -0.485 e. The number of unbranched alkanes of at least 4 members (excludes halogenated alkanes) is 1. The molecule has 36 heavy (non-hydrogen) atoms. The molecule has 0 bridgehead atoms. The molecule has 0 aliphatic carbocycles. The summed E-state index contributed by atoms with van der Waals surface area (Å²) in [5.41, 5.74) is 1.68. The minimum absolute atomic E-state index is 0.0573. The van der Waals surface area contributed by atoms with Crippen LogP contribution in [0, 0.1) is 6.92 Å². The number of halogens is 3. The van der Waals surface area contributed by atoms with E-state index in [1.165, 1.54) is 23.5 Å². The van der Waals surface area contributed by atoms with E-state index in [0.717, 1.165) is 47.4 Å². The van der Waals surface area contributed by atoms with Crippen molar-refractivity contribution in [2.45, 2.75) is 51.8 Å². The van der Waals surface area contributed by atoms with Crippen LogP contribution < -0.4 is 10.1 Å². The van der Waals surface area contributed by atoms with Crippen molar-refractivity contribution in [3.63, 3.8) is 0 Å². The standard InChI is InChI=1S/C27H28F3NO4S/c1-3-4-5-22(23-12-13-24(36-23)26(34)31-15-14-25(32)33)35-20-10-11-21(17(2)16-20)18-6-8-19(9-7-18)27(28,29)30/h6-13,16,22H,3-5,14-15H2,1-2H3,(H,31,34)(H,32,33)/t22-/m1/s1. The van der Waals surface area contributed by atoms with Crippen LogP contribution in [0.5, 0.6) is 5.75 Å². The lowest BCUT2D eigenvalue weighted by Crippen LogP contribution is -2.25. The van der Waals surface area contributed by atoms with Gasteiger partial charge in [0.2, 0.25) is 0 Å². The second kappa shape index (κ2) is 12.1. The third-order valence-electron chi connectivity index (χ3n) is 5.61. The number of amides is 1. The summed E-state index contributed by atoms with van der Waals surface area (Å²) in [6.07, 6.45) is -2.15. The molecule has 1 aromatic heterocycles. The number of carboxylic acid groups (broad SMARTS) is 1. The first-order chi connectivity index (χ1) is 17.1. The number of ether oxygens (including phenoxy) is 1. The zero-order valence-corrected chi connectivity index (χ0v) is 20.8. The number of aliphatic carboxylic acids is 1. The maximum atomic E-state index is 12.9. The van der Waals surface area contributed by atoms with Crippen LogP contribution in [0.4, 0.5) is 13.2 Å². The molecular formula is C27H28F3NO4S. The number of thiophene rings is 1. The van der Waals surface area contributed by atoms with Crippen LogP contribution in [0.15, 0.2) is 54.6 Å². The lowest BCUT2D eigenvalue weighted by molar-refractivity contribution is -0.138. The number of benzene rings is 2. The molecule has 2 N–H and O–H groups in total. The summed E-state index contributed by atoms with van der Waals surface area (Å²) in [5, 5.41) is 11.3. The van der Waals surface area contributed by atoms with E-state index in [1.807, 2.05) is 25.1 Å². The second-order valence-corrected chi connectivity index (χ2v) is 9.52. The van der Waals surface area contributed by atoms with E-state index < -0.39 is 17.7 Å². The van der Waals surface area contributed by atoms with Crippen LogP contribution in [0.3, 0.4) is 0 Å². The fourth-order valence-corrected chi connectivity index (χ4v) is 4.69. The van der Waals surface area contributed by atoms with Crippen LogP contribution in [-0.4, -0.2) is 23.5 Å². The number of aryl methyl sites for hydroxylation is 1. The molecule has 0 saturated heterocycles. The number of rotatable bonds is 11. The number of carbonyl (C=O) groups excluding carboxylic acids is 1. The van der Waals surface area contributed by atoms with Crippen molar-refractivity contribution in [1.82, 2.24) is 5.32 Å². The third-order valence-corrected chi connectivity index (χ3v) is 6.79. The molecule has 1 heterocycles. The Hall–Kier alpha value is -3.33. The normalized spacial score (nSPS) is 12.2. The first kappa shape index (κ1) is 27.3. The molecule has 192 valence electrons. The Bertz CT molecular complexity index is 1190. The van der Waals surface area contributed by atoms with Crippen molar-refractivity contribution in [2.24, 2.45) is 0 Å². The Morgan fingerprint density at radius 3 is 2.42 bits per heavy atom. The molecule has 0 radical (unpaired) electrons. The average Bonchev–Trinajstić information content (AvgIpc) is 3.31. The van der Waals surface area contributed by atoms with E-state index in [9.17, 15) is 22.8 Å². The Morgan fingerprint density at radius 1 is 1.08 bits per heavy atom. The maximum Gasteiger partial charge on any atom is 0.416 e. The van der Waals surface area contributed by atoms with Gasteiger partial charge in [-0.2, -0.15) is 13.2 Å². The van der Waals surface area contributed by atoms with Gasteiger partial charge in [0, 0.05) is 11.4 Å². The molecule has 1 amide bonds. The molecule has 9 heteroatoms. The zero-order valence-electron chi connectivity index (χ0n) is 20.0. The van der Waals surface area contributed by atoms with Crippen molar-refractivity contribution >= 4 is 23.2 Å². The van der Waals surface area contributed by atoms with Gasteiger partial charge in [-0.3, -0.25) is 9.59 Å². The summed E-state index contributed by atoms with van der Waals surface area (Å²) < 4.78 is 44.9. The average molecular weight is 520 g/mol. The molecule has 2 aromatic carbocycles. The summed E-state index contributed by atoms with van der Waals surface area (Å²) in [5.74, 6) is -0.668. The van der Waals surface area contributed by atoms with Crippen LogP contribution in [0.1, 0.15) is 64.4 Å². The predicted molar refractivity (Wildman–Crippen MR) is 133 cm³/mol. The third kappa shape index (κ3) is 7.34. The SMILES string of the molecule is CCCC[C@@H](Oc1ccc(-c2ccc(C(F)(F)F)cc2)c(C)c1)c1ccc(C(=O)NCCC(=O)O)s1. The molecule has 1 atom stereocenters. The van der Waals surface area contributed by atoms with Crippen molar-refractivity contribution in [3.05, 3.63) is 75.5 Å². The molecule has 0 unspecified atom stereocenters. The van der Waals surface area contributed by atoms with E-state index >= 15 is 0 Å². The Labute approximate surface area is 211 Å². The van der Waals surface area contributed by atoms with Crippen molar-refractivity contribution in [2.75, 3.05) is 6.54 Å². The van der Waals surface area contributed by atoms with Gasteiger partial charge in [-0.05, 0) is 72.9 Å². The Kier molecular flexibility index (Phi) is 9.14. The van der Waals surface area contributed by atoms with Gasteiger partial charge in [-0.25, -0.2) is 0 Å². The van der Waals surface area contributed by atoms with E-state index in [1.54, 1.807) is 12.1 Å². The summed E-state index contributed by atoms with van der Waals surface area (Å²) in [6, 6.07) is 14.1. The molecule has 0 aliphatic rings. The van der Waals surface area contributed by atoms with E-state index in [0.29, 0.717) is 16.2 Å². The number of hydrogen-bond donors (Lipinski definition) is 2. The molecule has 0 aliphatic heterocycles.